The average molecular weight is 240 g/mol. The van der Waals surface area contributed by atoms with E-state index in [2.05, 4.69) is 15.7 Å². The second kappa shape index (κ2) is 5.99. The van der Waals surface area contributed by atoms with Crippen LogP contribution in [-0.4, -0.2) is 49.8 Å². The van der Waals surface area contributed by atoms with E-state index < -0.39 is 0 Å². The van der Waals surface area contributed by atoms with Crippen molar-refractivity contribution in [1.29, 1.82) is 5.26 Å². The summed E-state index contributed by atoms with van der Waals surface area (Å²) in [7, 11) is 3.38. The first-order valence-electron chi connectivity index (χ1n) is 5.79. The summed E-state index contributed by atoms with van der Waals surface area (Å²) in [5.74, 6) is -0.257. The number of morpholine rings is 1. The maximum Gasteiger partial charge on any atom is 0.308 e. The summed E-state index contributed by atoms with van der Waals surface area (Å²) in [4.78, 5) is 13.4. The second-order valence-electron chi connectivity index (χ2n) is 4.82. The smallest absolute Gasteiger partial charge is 0.308 e. The highest BCUT2D eigenvalue weighted by molar-refractivity contribution is 5.69. The molecule has 0 aromatic heterocycles. The van der Waals surface area contributed by atoms with E-state index >= 15 is 0 Å². The fraction of sp³-hybridized carbons (Fsp3) is 0.833. The quantitative estimate of drug-likeness (QED) is 0.684. The molecule has 1 aliphatic heterocycles. The predicted molar refractivity (Wildman–Crippen MR) is 62.3 cm³/mol. The van der Waals surface area contributed by atoms with Gasteiger partial charge in [0, 0.05) is 19.5 Å². The minimum absolute atomic E-state index is 0.148. The van der Waals surface area contributed by atoms with Crippen molar-refractivity contribution in [3.05, 3.63) is 0 Å². The summed E-state index contributed by atoms with van der Waals surface area (Å²) >= 11 is 0. The molecule has 0 radical (unpaired) electrons. The van der Waals surface area contributed by atoms with Gasteiger partial charge in [-0.15, -0.1) is 0 Å². The SMILES string of the molecule is COC(=O)C[C@@H]1CN(C)C[C@@](C)(CCC#N)O1. The molecule has 0 aliphatic carbocycles. The first kappa shape index (κ1) is 13.9. The molecule has 17 heavy (non-hydrogen) atoms. The molecule has 0 aromatic carbocycles. The molecule has 1 saturated heterocycles. The van der Waals surface area contributed by atoms with E-state index in [-0.39, 0.29) is 24.1 Å². The van der Waals surface area contributed by atoms with Gasteiger partial charge in [-0.2, -0.15) is 5.26 Å². The summed E-state index contributed by atoms with van der Waals surface area (Å²) in [6.45, 7) is 3.49. The van der Waals surface area contributed by atoms with E-state index in [1.165, 1.54) is 7.11 Å². The van der Waals surface area contributed by atoms with Gasteiger partial charge in [-0.1, -0.05) is 0 Å². The molecule has 2 atom stereocenters. The molecular weight excluding hydrogens is 220 g/mol. The molecule has 0 saturated carbocycles. The lowest BCUT2D eigenvalue weighted by atomic mass is 9.96. The van der Waals surface area contributed by atoms with Gasteiger partial charge >= 0.3 is 5.97 Å². The largest absolute Gasteiger partial charge is 0.469 e. The van der Waals surface area contributed by atoms with Crippen LogP contribution >= 0.6 is 0 Å². The molecule has 1 rings (SSSR count). The number of esters is 1. The van der Waals surface area contributed by atoms with Gasteiger partial charge in [-0.05, 0) is 20.4 Å². The number of rotatable bonds is 4. The lowest BCUT2D eigenvalue weighted by molar-refractivity contribution is -0.163. The minimum Gasteiger partial charge on any atom is -0.469 e. The fourth-order valence-electron chi connectivity index (χ4n) is 2.29. The number of methoxy groups -OCH3 is 1. The van der Waals surface area contributed by atoms with Crippen LogP contribution in [0.25, 0.3) is 0 Å². The van der Waals surface area contributed by atoms with Crippen molar-refractivity contribution < 1.29 is 14.3 Å². The van der Waals surface area contributed by atoms with Crippen LogP contribution in [0.4, 0.5) is 0 Å². The van der Waals surface area contributed by atoms with Crippen molar-refractivity contribution in [2.75, 3.05) is 27.2 Å². The van der Waals surface area contributed by atoms with Crippen LogP contribution in [0.1, 0.15) is 26.2 Å². The first-order valence-corrected chi connectivity index (χ1v) is 5.79. The summed E-state index contributed by atoms with van der Waals surface area (Å²) < 4.78 is 10.6. The highest BCUT2D eigenvalue weighted by Gasteiger charge is 2.36. The van der Waals surface area contributed by atoms with Crippen molar-refractivity contribution in [3.8, 4) is 6.07 Å². The molecule has 5 nitrogen and oxygen atoms in total. The van der Waals surface area contributed by atoms with Gasteiger partial charge in [0.15, 0.2) is 0 Å². The molecule has 0 spiro atoms. The Bertz CT molecular complexity index is 313. The fourth-order valence-corrected chi connectivity index (χ4v) is 2.29. The van der Waals surface area contributed by atoms with E-state index in [1.54, 1.807) is 0 Å². The monoisotopic (exact) mass is 240 g/mol. The van der Waals surface area contributed by atoms with E-state index in [0.717, 1.165) is 13.1 Å². The molecule has 0 amide bonds. The van der Waals surface area contributed by atoms with Crippen molar-refractivity contribution in [1.82, 2.24) is 4.90 Å². The van der Waals surface area contributed by atoms with Crippen LogP contribution < -0.4 is 0 Å². The van der Waals surface area contributed by atoms with Crippen LogP contribution in [0, 0.1) is 11.3 Å². The van der Waals surface area contributed by atoms with Gasteiger partial charge < -0.3 is 14.4 Å². The molecule has 1 aliphatic rings. The summed E-state index contributed by atoms with van der Waals surface area (Å²) in [5, 5.41) is 8.63. The van der Waals surface area contributed by atoms with Crippen molar-refractivity contribution in [3.63, 3.8) is 0 Å². The molecule has 5 heteroatoms. The van der Waals surface area contributed by atoms with Gasteiger partial charge in [0.1, 0.15) is 0 Å². The maximum atomic E-state index is 11.2. The van der Waals surface area contributed by atoms with E-state index in [9.17, 15) is 4.79 Å². The minimum atomic E-state index is -0.346. The lowest BCUT2D eigenvalue weighted by Crippen LogP contribution is -2.53. The van der Waals surface area contributed by atoms with Gasteiger partial charge in [0.2, 0.25) is 0 Å². The standard InChI is InChI=1S/C12H20N2O3/c1-12(5-4-6-13)9-14(2)8-10(17-12)7-11(15)16-3/h10H,4-5,7-9H2,1-3H3/t10-,12-/m1/s1. The number of nitrogens with zero attached hydrogens (tertiary/aromatic N) is 2. The Hall–Kier alpha value is -1.12. The summed E-state index contributed by atoms with van der Waals surface area (Å²) in [6, 6.07) is 2.13. The summed E-state index contributed by atoms with van der Waals surface area (Å²) in [5.41, 5.74) is -0.346. The number of carbonyl (C=O) groups excluding carboxylic acids is 1. The van der Waals surface area contributed by atoms with Gasteiger partial charge in [-0.25, -0.2) is 0 Å². The van der Waals surface area contributed by atoms with Crippen molar-refractivity contribution in [2.45, 2.75) is 37.9 Å². The van der Waals surface area contributed by atoms with Gasteiger partial charge in [0.05, 0.1) is 31.3 Å². The highest BCUT2D eigenvalue weighted by Crippen LogP contribution is 2.26. The predicted octanol–water partition coefficient (Wildman–Crippen LogP) is 0.943. The van der Waals surface area contributed by atoms with Crippen LogP contribution in [0.2, 0.25) is 0 Å². The highest BCUT2D eigenvalue weighted by atomic mass is 16.5. The van der Waals surface area contributed by atoms with Gasteiger partial charge in [-0.3, -0.25) is 4.79 Å². The number of likely N-dealkylation sites (N-methyl/N-ethyl adjacent to an activating group) is 1. The van der Waals surface area contributed by atoms with E-state index in [0.29, 0.717) is 12.8 Å². The molecule has 0 N–H and O–H groups in total. The first-order chi connectivity index (χ1) is 7.99. The van der Waals surface area contributed by atoms with E-state index in [4.69, 9.17) is 10.00 Å². The zero-order chi connectivity index (χ0) is 12.9. The number of carbonyl (C=O) groups is 1. The number of hydrogen-bond acceptors (Lipinski definition) is 5. The Balaban J connectivity index is 2.58. The van der Waals surface area contributed by atoms with Crippen molar-refractivity contribution >= 4 is 5.97 Å². The number of hydrogen-bond donors (Lipinski definition) is 0. The van der Waals surface area contributed by atoms with Crippen LogP contribution in [-0.2, 0) is 14.3 Å². The topological polar surface area (TPSA) is 62.6 Å². The van der Waals surface area contributed by atoms with Crippen LogP contribution in [0.5, 0.6) is 0 Å². The second-order valence-corrected chi connectivity index (χ2v) is 4.82. The lowest BCUT2D eigenvalue weighted by Gasteiger charge is -2.43. The zero-order valence-corrected chi connectivity index (χ0v) is 10.7. The third-order valence-corrected chi connectivity index (χ3v) is 2.96. The Morgan fingerprint density at radius 2 is 2.41 bits per heavy atom. The molecule has 0 unspecified atom stereocenters. The third kappa shape index (κ3) is 4.33. The maximum absolute atomic E-state index is 11.2. The molecule has 0 bridgehead atoms. The summed E-state index contributed by atoms with van der Waals surface area (Å²) in [6.07, 6.45) is 1.27. The normalized spacial score (nSPS) is 29.6. The molecular formula is C12H20N2O3. The molecule has 0 aromatic rings. The van der Waals surface area contributed by atoms with Gasteiger partial charge in [0.25, 0.3) is 0 Å². The van der Waals surface area contributed by atoms with Crippen molar-refractivity contribution in [2.24, 2.45) is 0 Å². The Labute approximate surface area is 102 Å². The molecule has 1 heterocycles. The Kier molecular flexibility index (Phi) is 4.91. The Morgan fingerprint density at radius 3 is 3.00 bits per heavy atom. The molecule has 96 valence electrons. The number of ether oxygens (including phenoxy) is 2. The van der Waals surface area contributed by atoms with Crippen LogP contribution in [0.15, 0.2) is 0 Å². The van der Waals surface area contributed by atoms with E-state index in [1.807, 2.05) is 14.0 Å². The molecule has 1 fully saturated rings. The third-order valence-electron chi connectivity index (χ3n) is 2.96. The van der Waals surface area contributed by atoms with Crippen LogP contribution in [0.3, 0.4) is 0 Å². The zero-order valence-electron chi connectivity index (χ0n) is 10.7. The average Bonchev–Trinajstić information content (AvgIpc) is 2.25. The number of nitriles is 1. The Morgan fingerprint density at radius 1 is 1.71 bits per heavy atom.